The van der Waals surface area contributed by atoms with Gasteiger partial charge in [0.25, 0.3) is 5.69 Å². The molecule has 0 fully saturated rings. The van der Waals surface area contributed by atoms with Crippen molar-refractivity contribution in [3.63, 3.8) is 0 Å². The predicted molar refractivity (Wildman–Crippen MR) is 110 cm³/mol. The molecule has 0 aromatic heterocycles. The van der Waals surface area contributed by atoms with E-state index in [0.29, 0.717) is 0 Å². The number of aryl methyl sites for hydroxylation is 2. The fourth-order valence-corrected chi connectivity index (χ4v) is 5.42. The van der Waals surface area contributed by atoms with Gasteiger partial charge in [-0.2, -0.15) is 5.26 Å². The molecule has 2 aliphatic carbocycles. The summed E-state index contributed by atoms with van der Waals surface area (Å²) >= 11 is 0. The highest BCUT2D eigenvalue weighted by Crippen LogP contribution is 2.38. The summed E-state index contributed by atoms with van der Waals surface area (Å²) in [5.74, 6) is 0. The van der Waals surface area contributed by atoms with Crippen LogP contribution in [-0.2, 0) is 35.6 Å². The van der Waals surface area contributed by atoms with E-state index >= 15 is 0 Å². The van der Waals surface area contributed by atoms with Crippen LogP contribution < -0.4 is 10.0 Å². The van der Waals surface area contributed by atoms with Crippen molar-refractivity contribution in [2.45, 2.75) is 43.4 Å². The second-order valence-electron chi connectivity index (χ2n) is 7.26. The normalized spacial score (nSPS) is 16.0. The van der Waals surface area contributed by atoms with Gasteiger partial charge in [0.2, 0.25) is 6.19 Å². The number of carbonyl (C=O) groups is 1. The van der Waals surface area contributed by atoms with Crippen molar-refractivity contribution in [3.8, 4) is 6.19 Å². The summed E-state index contributed by atoms with van der Waals surface area (Å²) in [5.41, 5.74) is 5.11. The van der Waals surface area contributed by atoms with Crippen LogP contribution in [0.4, 0.5) is 16.2 Å². The van der Waals surface area contributed by atoms with Gasteiger partial charge < -0.3 is 5.32 Å². The molecule has 2 aromatic carbocycles. The zero-order valence-corrected chi connectivity index (χ0v) is 16.8. The quantitative estimate of drug-likeness (QED) is 0.438. The van der Waals surface area contributed by atoms with Crippen molar-refractivity contribution in [2.75, 3.05) is 5.32 Å². The number of urea groups is 1. The third kappa shape index (κ3) is 3.59. The van der Waals surface area contributed by atoms with Crippen molar-refractivity contribution in [1.82, 2.24) is 4.72 Å². The van der Waals surface area contributed by atoms with Gasteiger partial charge in [0, 0.05) is 17.8 Å². The maximum Gasteiger partial charge on any atom is 0.331 e. The number of benzene rings is 2. The lowest BCUT2D eigenvalue weighted by molar-refractivity contribution is -0.385. The van der Waals surface area contributed by atoms with E-state index in [1.807, 2.05) is 0 Å². The molecule has 0 heterocycles. The van der Waals surface area contributed by atoms with Crippen LogP contribution in [0.5, 0.6) is 0 Å². The number of nitro benzene ring substituents is 1. The highest BCUT2D eigenvalue weighted by molar-refractivity contribution is 7.92. The highest BCUT2D eigenvalue weighted by atomic mass is 32.2. The number of anilines is 1. The Morgan fingerprint density at radius 2 is 1.80 bits per heavy atom. The van der Waals surface area contributed by atoms with Crippen LogP contribution >= 0.6 is 0 Å². The van der Waals surface area contributed by atoms with Crippen LogP contribution in [0.3, 0.4) is 0 Å². The lowest BCUT2D eigenvalue weighted by Gasteiger charge is -2.17. The van der Waals surface area contributed by atoms with Gasteiger partial charge in [0.05, 0.1) is 9.82 Å². The number of amides is 2. The van der Waals surface area contributed by atoms with E-state index in [0.717, 1.165) is 61.4 Å². The fraction of sp³-hybridized carbons (Fsp3) is 0.300. The van der Waals surface area contributed by atoms with Gasteiger partial charge >= 0.3 is 6.03 Å². The number of nitro groups is 1. The summed E-state index contributed by atoms with van der Waals surface area (Å²) in [6.07, 6.45) is 7.13. The fourth-order valence-electron chi connectivity index (χ4n) is 4.19. The zero-order chi connectivity index (χ0) is 21.3. The molecule has 0 saturated carbocycles. The molecule has 1 atom stereocenters. The van der Waals surface area contributed by atoms with Gasteiger partial charge in [0.15, 0.2) is 9.92 Å². The Morgan fingerprint density at radius 3 is 2.40 bits per heavy atom. The molecule has 9 nitrogen and oxygen atoms in total. The van der Waals surface area contributed by atoms with E-state index in [1.165, 1.54) is 35.5 Å². The van der Waals surface area contributed by atoms with Gasteiger partial charge in [-0.15, -0.1) is 0 Å². The number of nitriles is 1. The molecule has 1 unspecified atom stereocenters. The predicted octanol–water partition coefficient (Wildman–Crippen LogP) is 3.62. The minimum absolute atomic E-state index is 0.114. The standard InChI is InChI=1S/C20H19N5O4S/c21-12-22-30(29,16-7-3-6-15(11-16)25(27)28)24-20(26)23-19-17-8-1-4-13(17)10-14-5-2-9-18(14)19/h3,6-7,10-11H,1-2,4-5,8-9H2,(H2,22,23,24,26,29). The highest BCUT2D eigenvalue weighted by Gasteiger charge is 2.26. The smallest absolute Gasteiger partial charge is 0.307 e. The van der Waals surface area contributed by atoms with Crippen molar-refractivity contribution >= 4 is 27.3 Å². The number of hydrogen-bond donors (Lipinski definition) is 2. The van der Waals surface area contributed by atoms with Gasteiger partial charge in [-0.3, -0.25) is 10.1 Å². The van der Waals surface area contributed by atoms with Crippen molar-refractivity contribution in [1.29, 1.82) is 5.26 Å². The molecule has 0 radical (unpaired) electrons. The number of non-ortho nitro benzene ring substituents is 1. The van der Waals surface area contributed by atoms with Crippen molar-refractivity contribution in [2.24, 2.45) is 4.36 Å². The van der Waals surface area contributed by atoms with E-state index in [9.17, 15) is 19.1 Å². The average Bonchev–Trinajstić information content (AvgIpc) is 3.37. The molecule has 0 bridgehead atoms. The minimum atomic E-state index is -3.72. The van der Waals surface area contributed by atoms with Gasteiger partial charge in [-0.25, -0.2) is 13.7 Å². The Hall–Kier alpha value is -3.45. The van der Waals surface area contributed by atoms with Gasteiger partial charge in [0.1, 0.15) is 0 Å². The summed E-state index contributed by atoms with van der Waals surface area (Å²) < 4.78 is 18.9. The lowest BCUT2D eigenvalue weighted by atomic mass is 9.99. The summed E-state index contributed by atoms with van der Waals surface area (Å²) in [6, 6.07) is 6.39. The van der Waals surface area contributed by atoms with Gasteiger partial charge in [-0.05, 0) is 66.8 Å². The van der Waals surface area contributed by atoms with Crippen molar-refractivity contribution in [3.05, 3.63) is 62.7 Å². The van der Waals surface area contributed by atoms with Crippen molar-refractivity contribution < 1.29 is 13.9 Å². The SMILES string of the molecule is N#CN=S(=O)(NC(=O)Nc1c2c(cc3c1CCC3)CCC2)c1cccc([N+](=O)[O-])c1. The maximum atomic E-state index is 13.2. The van der Waals surface area contributed by atoms with E-state index in [-0.39, 0.29) is 10.6 Å². The Morgan fingerprint density at radius 1 is 1.13 bits per heavy atom. The summed E-state index contributed by atoms with van der Waals surface area (Å²) in [6.45, 7) is 0. The Kier molecular flexibility index (Phi) is 5.13. The van der Waals surface area contributed by atoms with Crippen LogP contribution in [0.25, 0.3) is 0 Å². The first kappa shape index (κ1) is 19.8. The van der Waals surface area contributed by atoms with E-state index < -0.39 is 20.9 Å². The Bertz CT molecular complexity index is 1190. The largest absolute Gasteiger partial charge is 0.331 e. The molecule has 0 saturated heterocycles. The second kappa shape index (κ2) is 7.76. The van der Waals surface area contributed by atoms with Crippen LogP contribution in [0.1, 0.15) is 35.1 Å². The first-order valence-corrected chi connectivity index (χ1v) is 11.1. The monoisotopic (exact) mass is 425 g/mol. The molecule has 2 N–H and O–H groups in total. The molecule has 154 valence electrons. The van der Waals surface area contributed by atoms with E-state index in [1.54, 1.807) is 0 Å². The summed E-state index contributed by atoms with van der Waals surface area (Å²) in [7, 11) is -3.72. The van der Waals surface area contributed by atoms with Crippen LogP contribution in [0.2, 0.25) is 0 Å². The minimum Gasteiger partial charge on any atom is -0.307 e. The molecule has 2 amide bonds. The summed E-state index contributed by atoms with van der Waals surface area (Å²) in [5, 5.41) is 22.9. The number of rotatable bonds is 4. The summed E-state index contributed by atoms with van der Waals surface area (Å²) in [4.78, 5) is 23.1. The molecule has 10 heteroatoms. The molecule has 2 aromatic rings. The number of nitrogens with one attached hydrogen (secondary N) is 2. The molecular weight excluding hydrogens is 406 g/mol. The Balaban J connectivity index is 1.66. The average molecular weight is 425 g/mol. The molecule has 0 spiro atoms. The molecular formula is C20H19N5O4S. The first-order valence-electron chi connectivity index (χ1n) is 9.56. The van der Waals surface area contributed by atoms with Gasteiger partial charge in [-0.1, -0.05) is 16.5 Å². The number of fused-ring (bicyclic) bond motifs is 2. The molecule has 4 rings (SSSR count). The van der Waals surface area contributed by atoms with Crippen LogP contribution in [0.15, 0.2) is 39.6 Å². The first-order chi connectivity index (χ1) is 14.4. The second-order valence-corrected chi connectivity index (χ2v) is 9.17. The van der Waals surface area contributed by atoms with E-state index in [4.69, 9.17) is 5.26 Å². The number of nitrogens with zero attached hydrogens (tertiary/aromatic N) is 3. The topological polar surface area (TPSA) is 137 Å². The maximum absolute atomic E-state index is 13.2. The molecule has 30 heavy (non-hydrogen) atoms. The van der Waals surface area contributed by atoms with Crippen LogP contribution in [-0.4, -0.2) is 15.2 Å². The molecule has 2 aliphatic rings. The third-order valence-corrected chi connectivity index (χ3v) is 7.15. The lowest BCUT2D eigenvalue weighted by Crippen LogP contribution is -2.34. The number of carbonyl (C=O) groups excluding carboxylic acids is 1. The molecule has 0 aliphatic heterocycles. The van der Waals surface area contributed by atoms with E-state index in [2.05, 4.69) is 20.5 Å². The number of hydrogen-bond acceptors (Lipinski definition) is 6. The van der Waals surface area contributed by atoms with Crippen LogP contribution in [0, 0.1) is 21.6 Å². The Labute approximate surface area is 173 Å². The third-order valence-electron chi connectivity index (χ3n) is 5.46. The zero-order valence-electron chi connectivity index (χ0n) is 16.0.